The van der Waals surface area contributed by atoms with E-state index in [4.69, 9.17) is 12.8 Å². The molecule has 2 nitrogen and oxygen atoms in total. The van der Waals surface area contributed by atoms with Crippen LogP contribution in [0.25, 0.3) is 0 Å². The zero-order valence-corrected chi connectivity index (χ0v) is 12.7. The van der Waals surface area contributed by atoms with Gasteiger partial charge in [0.15, 0.2) is 0 Å². The first-order valence-corrected chi connectivity index (χ1v) is 4.03. The molecule has 0 radical (unpaired) electrons. The van der Waals surface area contributed by atoms with Gasteiger partial charge in [-0.3, -0.25) is 0 Å². The third-order valence-electron chi connectivity index (χ3n) is 0.348. The molecule has 64 valence electrons. The first-order valence-electron chi connectivity index (χ1n) is 2.39. The van der Waals surface area contributed by atoms with Gasteiger partial charge in [-0.25, -0.2) is 0 Å². The van der Waals surface area contributed by atoms with Crippen molar-refractivity contribution in [1.29, 1.82) is 0 Å². The minimum absolute atomic E-state index is 0. The molecule has 0 aromatic carbocycles. The molecule has 2 N–H and O–H groups in total. The molecule has 13 heavy (non-hydrogen) atoms. The fraction of sp³-hybridized carbons (Fsp3) is 0. The van der Waals surface area contributed by atoms with Crippen LogP contribution in [0.5, 0.6) is 0 Å². The summed E-state index contributed by atoms with van der Waals surface area (Å²) in [6.45, 7) is 0. The van der Waals surface area contributed by atoms with E-state index in [0.29, 0.717) is 0 Å². The molecule has 0 spiro atoms. The summed E-state index contributed by atoms with van der Waals surface area (Å²) in [6.07, 6.45) is 9.43. The second-order valence-electron chi connectivity index (χ2n) is 1.11. The van der Waals surface area contributed by atoms with Crippen LogP contribution in [0, 0.1) is 24.9 Å². The van der Waals surface area contributed by atoms with Crippen molar-refractivity contribution in [3.05, 3.63) is 0 Å². The topological polar surface area (TPSA) is 24.1 Å². The van der Waals surface area contributed by atoms with Gasteiger partial charge in [-0.15, -0.1) is 0 Å². The van der Waals surface area contributed by atoms with E-state index in [0.717, 1.165) is 0 Å². The average molecular weight is 298 g/mol. The Bertz CT molecular complexity index is 214. The summed E-state index contributed by atoms with van der Waals surface area (Å²) in [4.78, 5) is 0. The fourth-order valence-corrected chi connectivity index (χ4v) is 0.354. The van der Waals surface area contributed by atoms with Crippen LogP contribution in [-0.2, 0) is 44.7 Å². The average Bonchev–Trinajstić information content (AvgIpc) is 1.87. The van der Waals surface area contributed by atoms with Crippen molar-refractivity contribution in [3.8, 4) is 24.9 Å². The first-order chi connectivity index (χ1) is 5.54. The van der Waals surface area contributed by atoms with Crippen LogP contribution in [0.4, 0.5) is 0 Å². The zero-order valence-electron chi connectivity index (χ0n) is 6.49. The smallest absolute Gasteiger partial charge is 0.411 e. The van der Waals surface area contributed by atoms with Gasteiger partial charge < -0.3 is 60.3 Å². The summed E-state index contributed by atoms with van der Waals surface area (Å²) < 4.78 is 0.440. The molecule has 0 amide bonds. The van der Waals surface area contributed by atoms with E-state index in [-0.39, 0.29) is 28.1 Å². The summed E-state index contributed by atoms with van der Waals surface area (Å²) in [7, 11) is 0. The Balaban J connectivity index is -0.000000143. The molecule has 0 bridgehead atoms. The molecule has 0 saturated carbocycles. The molecule has 0 aromatic heterocycles. The van der Waals surface area contributed by atoms with Gasteiger partial charge in [-0.2, -0.15) is 0 Å². The van der Waals surface area contributed by atoms with Crippen LogP contribution >= 0.6 is 24.4 Å². The fourth-order valence-electron chi connectivity index (χ4n) is 0.118. The van der Waals surface area contributed by atoms with Crippen molar-refractivity contribution >= 4 is 58.3 Å². The minimum Gasteiger partial charge on any atom is -0.411 e. The van der Waals surface area contributed by atoms with E-state index in [1.807, 2.05) is 0 Å². The van der Waals surface area contributed by atoms with E-state index >= 15 is 0 Å². The summed E-state index contributed by atoms with van der Waals surface area (Å²) in [5.74, 6) is 0. The maximum absolute atomic E-state index is 4.71. The molecule has 0 aliphatic heterocycles. The monoisotopic (exact) mass is 296 g/mol. The van der Waals surface area contributed by atoms with Gasteiger partial charge >= 0.3 is 19.5 Å². The van der Waals surface area contributed by atoms with Gasteiger partial charge in [0.1, 0.15) is 0 Å². The molecule has 0 heterocycles. The molecule has 7 heteroatoms. The SMILES string of the molecule is C#CNC(=S)[S-].C#CNC(=S)[S-].[Zn+2]. The molecule has 0 aromatic rings. The van der Waals surface area contributed by atoms with E-state index in [9.17, 15) is 0 Å². The van der Waals surface area contributed by atoms with Crippen molar-refractivity contribution < 1.29 is 19.5 Å². The van der Waals surface area contributed by atoms with Crippen LogP contribution in [0.15, 0.2) is 0 Å². The summed E-state index contributed by atoms with van der Waals surface area (Å²) in [5, 5.41) is 4.56. The largest absolute Gasteiger partial charge is 2.00 e. The Kier molecular flexibility index (Phi) is 20.8. The number of hydrogen-bond donors (Lipinski definition) is 2. The number of thiocarbonyl (C=S) groups is 2. The predicted octanol–water partition coefficient (Wildman–Crippen LogP) is -0.00550. The minimum atomic E-state index is 0. The van der Waals surface area contributed by atoms with Gasteiger partial charge in [0.05, 0.1) is 0 Å². The van der Waals surface area contributed by atoms with Crippen molar-refractivity contribution in [2.45, 2.75) is 0 Å². The van der Waals surface area contributed by atoms with Crippen LogP contribution in [0.2, 0.25) is 0 Å². The predicted molar refractivity (Wildman–Crippen MR) is 63.9 cm³/mol. The second kappa shape index (κ2) is 14.5. The molecule has 0 aliphatic rings. The Morgan fingerprint density at radius 3 is 1.23 bits per heavy atom. The summed E-state index contributed by atoms with van der Waals surface area (Å²) in [5.41, 5.74) is 0. The number of rotatable bonds is 0. The zero-order chi connectivity index (χ0) is 9.98. The molecular formula is C6H4N2S4Zn. The Hall–Kier alpha value is -0.0366. The number of terminal acetylenes is 2. The first kappa shape index (κ1) is 18.7. The van der Waals surface area contributed by atoms with Crippen molar-refractivity contribution in [3.63, 3.8) is 0 Å². The van der Waals surface area contributed by atoms with Crippen LogP contribution in [0.3, 0.4) is 0 Å². The third kappa shape index (κ3) is 33.4. The number of hydrogen-bond acceptors (Lipinski definition) is 4. The van der Waals surface area contributed by atoms with Crippen molar-refractivity contribution in [2.24, 2.45) is 0 Å². The van der Waals surface area contributed by atoms with E-state index in [2.05, 4.69) is 72.4 Å². The van der Waals surface area contributed by atoms with E-state index in [1.165, 1.54) is 0 Å². The van der Waals surface area contributed by atoms with Gasteiger partial charge in [-0.05, 0) is 0 Å². The maximum Gasteiger partial charge on any atom is 2.00 e. The van der Waals surface area contributed by atoms with Gasteiger partial charge in [0.2, 0.25) is 0 Å². The van der Waals surface area contributed by atoms with Gasteiger partial charge in [0.25, 0.3) is 0 Å². The summed E-state index contributed by atoms with van der Waals surface area (Å²) in [6, 6.07) is 4.14. The number of nitrogens with one attached hydrogen (secondary N) is 2. The Labute approximate surface area is 113 Å². The second-order valence-corrected chi connectivity index (χ2v) is 3.26. The van der Waals surface area contributed by atoms with Gasteiger partial charge in [-0.1, -0.05) is 21.5 Å². The molecule has 0 saturated heterocycles. The third-order valence-corrected chi connectivity index (χ3v) is 0.757. The normalized spacial score (nSPS) is 5.38. The molecule has 0 unspecified atom stereocenters. The van der Waals surface area contributed by atoms with E-state index in [1.54, 1.807) is 0 Å². The van der Waals surface area contributed by atoms with Gasteiger partial charge in [0, 0.05) is 12.1 Å². The molecule has 0 fully saturated rings. The standard InChI is InChI=1S/2C3H3NS2.Zn/c2*1-2-4-3(5)6;/h2*1H,(H2,4,5,6);/q;;+2/p-2. The Morgan fingerprint density at radius 1 is 1.00 bits per heavy atom. The van der Waals surface area contributed by atoms with Crippen LogP contribution in [-0.4, -0.2) is 8.64 Å². The molecular weight excluding hydrogens is 294 g/mol. The molecule has 0 aliphatic carbocycles. The van der Waals surface area contributed by atoms with Crippen LogP contribution < -0.4 is 10.6 Å². The molecule has 0 rings (SSSR count). The van der Waals surface area contributed by atoms with E-state index < -0.39 is 0 Å². The summed E-state index contributed by atoms with van der Waals surface area (Å²) >= 11 is 17.4. The van der Waals surface area contributed by atoms with Crippen molar-refractivity contribution in [1.82, 2.24) is 10.6 Å². The molecule has 0 atom stereocenters. The van der Waals surface area contributed by atoms with Crippen molar-refractivity contribution in [2.75, 3.05) is 0 Å². The maximum atomic E-state index is 4.71. The quantitative estimate of drug-likeness (QED) is 0.215. The van der Waals surface area contributed by atoms with Crippen LogP contribution in [0.1, 0.15) is 0 Å². The Morgan fingerprint density at radius 2 is 1.23 bits per heavy atom.